The largest absolute Gasteiger partial charge is 0.465 e. The smallest absolute Gasteiger partial charge is 0.416 e. The van der Waals surface area contributed by atoms with Crippen molar-refractivity contribution in [2.24, 2.45) is 5.41 Å². The van der Waals surface area contributed by atoms with Crippen molar-refractivity contribution < 1.29 is 27.5 Å². The fraction of sp³-hybridized carbons (Fsp3) is 0.556. The predicted molar refractivity (Wildman–Crippen MR) is 87.8 cm³/mol. The van der Waals surface area contributed by atoms with Crippen LogP contribution in [0.4, 0.5) is 13.2 Å². The first-order valence-electron chi connectivity index (χ1n) is 8.02. The maximum absolute atomic E-state index is 12.8. The first-order chi connectivity index (χ1) is 11.4. The van der Waals surface area contributed by atoms with Crippen molar-refractivity contribution in [1.82, 2.24) is 4.90 Å². The lowest BCUT2D eigenvalue weighted by Crippen LogP contribution is -2.42. The molecule has 7 heteroatoms. The lowest BCUT2D eigenvalue weighted by atomic mass is 9.95. The van der Waals surface area contributed by atoms with Gasteiger partial charge in [0.1, 0.15) is 6.54 Å². The third kappa shape index (κ3) is 7.58. The van der Waals surface area contributed by atoms with Crippen LogP contribution in [0.1, 0.15) is 38.8 Å². The number of hydrogen-bond donors (Lipinski definition) is 0. The molecule has 0 aromatic heterocycles. The van der Waals surface area contributed by atoms with Gasteiger partial charge in [-0.2, -0.15) is 13.2 Å². The molecular formula is C18H24F3NO3. The lowest BCUT2D eigenvalue weighted by molar-refractivity contribution is -0.149. The second kappa shape index (κ2) is 8.36. The Morgan fingerprint density at radius 3 is 2.32 bits per heavy atom. The van der Waals surface area contributed by atoms with Crippen LogP contribution in [0.3, 0.4) is 0 Å². The van der Waals surface area contributed by atoms with Gasteiger partial charge in [0, 0.05) is 6.54 Å². The Bertz CT molecular complexity index is 606. The summed E-state index contributed by atoms with van der Waals surface area (Å²) < 4.78 is 43.2. The first kappa shape index (κ1) is 21.0. The first-order valence-corrected chi connectivity index (χ1v) is 8.02. The topological polar surface area (TPSA) is 46.6 Å². The molecule has 0 aliphatic carbocycles. The molecule has 1 amide bonds. The van der Waals surface area contributed by atoms with Crippen LogP contribution < -0.4 is 0 Å². The van der Waals surface area contributed by atoms with Crippen molar-refractivity contribution in [3.05, 3.63) is 35.4 Å². The molecule has 0 radical (unpaired) electrons. The van der Waals surface area contributed by atoms with E-state index in [0.717, 1.165) is 12.1 Å². The number of halogens is 3. The molecule has 1 rings (SSSR count). The van der Waals surface area contributed by atoms with Gasteiger partial charge < -0.3 is 9.64 Å². The summed E-state index contributed by atoms with van der Waals surface area (Å²) >= 11 is 0. The lowest BCUT2D eigenvalue weighted by Gasteiger charge is -2.29. The molecule has 0 saturated carbocycles. The quantitative estimate of drug-likeness (QED) is 0.728. The van der Waals surface area contributed by atoms with Gasteiger partial charge in [-0.1, -0.05) is 39.0 Å². The maximum atomic E-state index is 12.8. The Hall–Kier alpha value is -2.05. The van der Waals surface area contributed by atoms with Crippen molar-refractivity contribution in [1.29, 1.82) is 0 Å². The molecule has 0 bridgehead atoms. The number of rotatable bonds is 6. The molecule has 0 atom stereocenters. The van der Waals surface area contributed by atoms with E-state index in [1.54, 1.807) is 6.92 Å². The minimum Gasteiger partial charge on any atom is -0.465 e. The summed E-state index contributed by atoms with van der Waals surface area (Å²) in [6.07, 6.45) is -4.67. The van der Waals surface area contributed by atoms with Crippen LogP contribution in [0.2, 0.25) is 0 Å². The third-order valence-electron chi connectivity index (χ3n) is 3.25. The highest BCUT2D eigenvalue weighted by Gasteiger charge is 2.31. The average molecular weight is 359 g/mol. The molecule has 0 N–H and O–H groups in total. The molecule has 0 spiro atoms. The number of benzene rings is 1. The Labute approximate surface area is 146 Å². The van der Waals surface area contributed by atoms with Crippen molar-refractivity contribution in [2.45, 2.75) is 40.3 Å². The molecule has 0 saturated heterocycles. The second-order valence-corrected chi connectivity index (χ2v) is 6.99. The van der Waals surface area contributed by atoms with Gasteiger partial charge in [0.05, 0.1) is 18.6 Å². The molecule has 140 valence electrons. The zero-order valence-corrected chi connectivity index (χ0v) is 14.9. The number of carbonyl (C=O) groups excluding carboxylic acids is 2. The van der Waals surface area contributed by atoms with Crippen LogP contribution in [0, 0.1) is 5.41 Å². The number of ether oxygens (including phenoxy) is 1. The molecule has 0 fully saturated rings. The number of hydrogen-bond acceptors (Lipinski definition) is 3. The Morgan fingerprint density at radius 1 is 1.16 bits per heavy atom. The number of nitrogens with zero attached hydrogens (tertiary/aromatic N) is 1. The zero-order valence-electron chi connectivity index (χ0n) is 14.9. The molecule has 0 heterocycles. The van der Waals surface area contributed by atoms with Gasteiger partial charge in [0.2, 0.25) is 5.91 Å². The fourth-order valence-electron chi connectivity index (χ4n) is 2.31. The van der Waals surface area contributed by atoms with E-state index < -0.39 is 23.6 Å². The van der Waals surface area contributed by atoms with Crippen molar-refractivity contribution >= 4 is 11.9 Å². The summed E-state index contributed by atoms with van der Waals surface area (Å²) in [5.41, 5.74) is -0.816. The highest BCUT2D eigenvalue weighted by molar-refractivity contribution is 5.83. The van der Waals surface area contributed by atoms with E-state index in [1.807, 2.05) is 20.8 Å². The normalized spacial score (nSPS) is 12.0. The highest BCUT2D eigenvalue weighted by Crippen LogP contribution is 2.29. The SMILES string of the molecule is CCOC(=O)CN(CC(C)(C)C)C(=O)Cc1cccc(C(F)(F)F)c1. The van der Waals surface area contributed by atoms with Gasteiger partial charge >= 0.3 is 12.1 Å². The van der Waals surface area contributed by atoms with Gasteiger partial charge in [-0.3, -0.25) is 9.59 Å². The summed E-state index contributed by atoms with van der Waals surface area (Å²) in [6, 6.07) is 4.65. The second-order valence-electron chi connectivity index (χ2n) is 6.99. The Morgan fingerprint density at radius 2 is 1.80 bits per heavy atom. The number of alkyl halides is 3. The molecular weight excluding hydrogens is 335 g/mol. The van der Waals surface area contributed by atoms with Crippen molar-refractivity contribution in [3.63, 3.8) is 0 Å². The minimum absolute atomic E-state index is 0.198. The number of amides is 1. The highest BCUT2D eigenvalue weighted by atomic mass is 19.4. The van der Waals surface area contributed by atoms with Crippen LogP contribution in [-0.4, -0.2) is 36.5 Å². The summed E-state index contributed by atoms with van der Waals surface area (Å²) in [5.74, 6) is -0.952. The van der Waals surface area contributed by atoms with Gasteiger partial charge in [-0.05, 0) is 24.0 Å². The van der Waals surface area contributed by atoms with Crippen LogP contribution in [0.25, 0.3) is 0 Å². The van der Waals surface area contributed by atoms with Gasteiger partial charge in [-0.25, -0.2) is 0 Å². The summed E-state index contributed by atoms with van der Waals surface area (Å²) in [4.78, 5) is 25.6. The minimum atomic E-state index is -4.46. The van der Waals surface area contributed by atoms with E-state index >= 15 is 0 Å². The number of carbonyl (C=O) groups is 2. The molecule has 0 aliphatic rings. The summed E-state index contributed by atoms with van der Waals surface area (Å²) in [6.45, 7) is 7.65. The van der Waals surface area contributed by atoms with E-state index in [9.17, 15) is 22.8 Å². The van der Waals surface area contributed by atoms with Crippen LogP contribution in [-0.2, 0) is 26.9 Å². The Balaban J connectivity index is 2.92. The third-order valence-corrected chi connectivity index (χ3v) is 3.25. The maximum Gasteiger partial charge on any atom is 0.416 e. The molecule has 4 nitrogen and oxygen atoms in total. The van der Waals surface area contributed by atoms with Crippen LogP contribution >= 0.6 is 0 Å². The van der Waals surface area contributed by atoms with E-state index in [1.165, 1.54) is 17.0 Å². The van der Waals surface area contributed by atoms with Crippen molar-refractivity contribution in [2.75, 3.05) is 19.7 Å². The van der Waals surface area contributed by atoms with E-state index in [2.05, 4.69) is 0 Å². The van der Waals surface area contributed by atoms with Crippen molar-refractivity contribution in [3.8, 4) is 0 Å². The standard InChI is InChI=1S/C18H24F3NO3/c1-5-25-16(24)11-22(12-17(2,3)4)15(23)10-13-7-6-8-14(9-13)18(19,20)21/h6-9H,5,10-12H2,1-4H3. The van der Waals surface area contributed by atoms with Gasteiger partial charge in [0.15, 0.2) is 0 Å². The molecule has 25 heavy (non-hydrogen) atoms. The Kier molecular flexibility index (Phi) is 7.02. The molecule has 0 unspecified atom stereocenters. The summed E-state index contributed by atoms with van der Waals surface area (Å²) in [7, 11) is 0. The fourth-order valence-corrected chi connectivity index (χ4v) is 2.31. The van der Waals surface area contributed by atoms with Gasteiger partial charge in [-0.15, -0.1) is 0 Å². The molecule has 1 aromatic rings. The average Bonchev–Trinajstić information content (AvgIpc) is 2.44. The van der Waals surface area contributed by atoms with E-state index in [0.29, 0.717) is 6.54 Å². The van der Waals surface area contributed by atoms with E-state index in [-0.39, 0.29) is 30.6 Å². The van der Waals surface area contributed by atoms with Gasteiger partial charge in [0.25, 0.3) is 0 Å². The predicted octanol–water partition coefficient (Wildman–Crippen LogP) is 3.69. The zero-order chi connectivity index (χ0) is 19.3. The monoisotopic (exact) mass is 359 g/mol. The van der Waals surface area contributed by atoms with Crippen LogP contribution in [0.5, 0.6) is 0 Å². The number of esters is 1. The van der Waals surface area contributed by atoms with Crippen LogP contribution in [0.15, 0.2) is 24.3 Å². The summed E-state index contributed by atoms with van der Waals surface area (Å²) in [5, 5.41) is 0. The molecule has 0 aliphatic heterocycles. The van der Waals surface area contributed by atoms with E-state index in [4.69, 9.17) is 4.74 Å². The molecule has 1 aromatic carbocycles.